The first-order chi connectivity index (χ1) is 10.1. The largest absolute Gasteiger partial charge is 0.481 e. The van der Waals surface area contributed by atoms with Gasteiger partial charge in [0.25, 0.3) is 0 Å². The molecule has 5 heteroatoms. The Labute approximate surface area is 125 Å². The van der Waals surface area contributed by atoms with Gasteiger partial charge < -0.3 is 14.7 Å². The molecule has 3 rings (SSSR count). The molecule has 21 heavy (non-hydrogen) atoms. The minimum absolute atomic E-state index is 0.0118. The second-order valence-corrected chi connectivity index (χ2v) is 6.97. The highest BCUT2D eigenvalue weighted by Crippen LogP contribution is 2.44. The van der Waals surface area contributed by atoms with E-state index in [-0.39, 0.29) is 18.4 Å². The van der Waals surface area contributed by atoms with E-state index < -0.39 is 11.4 Å². The number of carbonyl (C=O) groups excluding carboxylic acids is 1. The van der Waals surface area contributed by atoms with Crippen LogP contribution in [0.15, 0.2) is 0 Å². The highest BCUT2D eigenvalue weighted by molar-refractivity contribution is 5.85. The van der Waals surface area contributed by atoms with Crippen LogP contribution in [0.4, 0.5) is 0 Å². The van der Waals surface area contributed by atoms with Crippen LogP contribution in [0.2, 0.25) is 0 Å². The molecule has 2 aliphatic carbocycles. The number of likely N-dealkylation sites (tertiary alicyclic amines) is 1. The standard InChI is InChI=1S/C16H25NO4/c18-14(10-16(15(19)20)6-1-7-16)17-8-4-13(5-9-17)21-11-12-2-3-12/h12-13H,1-11H2,(H,19,20). The number of ether oxygens (including phenoxy) is 1. The number of piperidine rings is 1. The highest BCUT2D eigenvalue weighted by atomic mass is 16.5. The van der Waals surface area contributed by atoms with Crippen LogP contribution in [0.5, 0.6) is 0 Å². The third-order valence-corrected chi connectivity index (χ3v) is 5.31. The molecule has 1 heterocycles. The van der Waals surface area contributed by atoms with Crippen molar-refractivity contribution in [2.24, 2.45) is 11.3 Å². The first-order valence-electron chi connectivity index (χ1n) is 8.22. The molecular weight excluding hydrogens is 270 g/mol. The smallest absolute Gasteiger partial charge is 0.310 e. The predicted octanol–water partition coefficient (Wildman–Crippen LogP) is 2.05. The molecule has 3 aliphatic rings. The Balaban J connectivity index is 1.42. The number of amides is 1. The minimum atomic E-state index is -0.801. The Kier molecular flexibility index (Phi) is 4.20. The normalized spacial score (nSPS) is 25.4. The molecule has 0 atom stereocenters. The van der Waals surface area contributed by atoms with Crippen LogP contribution in [-0.2, 0) is 14.3 Å². The van der Waals surface area contributed by atoms with Crippen LogP contribution in [0.3, 0.4) is 0 Å². The van der Waals surface area contributed by atoms with Crippen LogP contribution >= 0.6 is 0 Å². The summed E-state index contributed by atoms with van der Waals surface area (Å²) in [4.78, 5) is 25.5. The number of rotatable bonds is 6. The van der Waals surface area contributed by atoms with Crippen molar-refractivity contribution < 1.29 is 19.4 Å². The summed E-state index contributed by atoms with van der Waals surface area (Å²) in [7, 11) is 0. The van der Waals surface area contributed by atoms with Crippen molar-refractivity contribution in [1.82, 2.24) is 4.90 Å². The van der Waals surface area contributed by atoms with Gasteiger partial charge in [-0.25, -0.2) is 0 Å². The van der Waals surface area contributed by atoms with Crippen molar-refractivity contribution >= 4 is 11.9 Å². The molecule has 0 bridgehead atoms. The molecule has 3 fully saturated rings. The van der Waals surface area contributed by atoms with Crippen LogP contribution < -0.4 is 0 Å². The minimum Gasteiger partial charge on any atom is -0.481 e. The lowest BCUT2D eigenvalue weighted by Crippen LogP contribution is -2.46. The van der Waals surface area contributed by atoms with Gasteiger partial charge in [0, 0.05) is 26.1 Å². The summed E-state index contributed by atoms with van der Waals surface area (Å²) in [6, 6.07) is 0. The zero-order valence-corrected chi connectivity index (χ0v) is 12.6. The summed E-state index contributed by atoms with van der Waals surface area (Å²) in [6.45, 7) is 2.30. The first kappa shape index (κ1) is 14.8. The van der Waals surface area contributed by atoms with Crippen molar-refractivity contribution in [1.29, 1.82) is 0 Å². The zero-order valence-electron chi connectivity index (χ0n) is 12.6. The maximum Gasteiger partial charge on any atom is 0.310 e. The quantitative estimate of drug-likeness (QED) is 0.814. The SMILES string of the molecule is O=C(CC1(C(=O)O)CCC1)N1CCC(OCC2CC2)CC1. The number of carboxylic acids is 1. The first-order valence-corrected chi connectivity index (χ1v) is 8.22. The molecule has 5 nitrogen and oxygen atoms in total. The molecule has 0 aromatic rings. The highest BCUT2D eigenvalue weighted by Gasteiger charge is 2.46. The van der Waals surface area contributed by atoms with Crippen molar-refractivity contribution in [3.8, 4) is 0 Å². The van der Waals surface area contributed by atoms with Gasteiger partial charge in [-0.2, -0.15) is 0 Å². The number of hydrogen-bond acceptors (Lipinski definition) is 3. The Morgan fingerprint density at radius 3 is 2.29 bits per heavy atom. The van der Waals surface area contributed by atoms with Gasteiger partial charge in [0.1, 0.15) is 0 Å². The summed E-state index contributed by atoms with van der Waals surface area (Å²) in [6.07, 6.45) is 7.06. The number of nitrogens with zero attached hydrogens (tertiary/aromatic N) is 1. The summed E-state index contributed by atoms with van der Waals surface area (Å²) in [5.74, 6) is -0.0128. The average Bonchev–Trinajstić information content (AvgIpc) is 3.24. The monoisotopic (exact) mass is 295 g/mol. The van der Waals surface area contributed by atoms with Gasteiger partial charge in [0.05, 0.1) is 11.5 Å². The molecule has 0 unspecified atom stereocenters. The Morgan fingerprint density at radius 1 is 1.14 bits per heavy atom. The number of aliphatic carboxylic acids is 1. The molecule has 1 aliphatic heterocycles. The van der Waals surface area contributed by atoms with Crippen LogP contribution in [0, 0.1) is 11.3 Å². The van der Waals surface area contributed by atoms with E-state index in [1.807, 2.05) is 4.90 Å². The van der Waals surface area contributed by atoms with E-state index in [0.29, 0.717) is 25.9 Å². The molecule has 1 amide bonds. The molecule has 0 aromatic heterocycles. The fraction of sp³-hybridized carbons (Fsp3) is 0.875. The van der Waals surface area contributed by atoms with Gasteiger partial charge in [-0.15, -0.1) is 0 Å². The summed E-state index contributed by atoms with van der Waals surface area (Å²) in [5.41, 5.74) is -0.767. The van der Waals surface area contributed by atoms with Crippen LogP contribution in [0.1, 0.15) is 51.4 Å². The van der Waals surface area contributed by atoms with Gasteiger partial charge in [-0.1, -0.05) is 6.42 Å². The Hall–Kier alpha value is -1.10. The third kappa shape index (κ3) is 3.39. The lowest BCUT2D eigenvalue weighted by Gasteiger charge is -2.39. The van der Waals surface area contributed by atoms with Crippen molar-refractivity contribution in [3.05, 3.63) is 0 Å². The van der Waals surface area contributed by atoms with E-state index in [9.17, 15) is 14.7 Å². The zero-order chi connectivity index (χ0) is 14.9. The van der Waals surface area contributed by atoms with Gasteiger partial charge in [-0.05, 0) is 44.4 Å². The lowest BCUT2D eigenvalue weighted by atomic mass is 9.66. The van der Waals surface area contributed by atoms with E-state index in [2.05, 4.69) is 0 Å². The molecule has 118 valence electrons. The van der Waals surface area contributed by atoms with Gasteiger partial charge >= 0.3 is 5.97 Å². The maximum absolute atomic E-state index is 12.3. The lowest BCUT2D eigenvalue weighted by molar-refractivity contribution is -0.160. The molecule has 0 aromatic carbocycles. The van der Waals surface area contributed by atoms with Gasteiger partial charge in [-0.3, -0.25) is 9.59 Å². The van der Waals surface area contributed by atoms with Gasteiger partial charge in [0.2, 0.25) is 5.91 Å². The van der Waals surface area contributed by atoms with E-state index in [1.165, 1.54) is 12.8 Å². The fourth-order valence-corrected chi connectivity index (χ4v) is 3.30. The topological polar surface area (TPSA) is 66.8 Å². The van der Waals surface area contributed by atoms with Crippen LogP contribution in [-0.4, -0.2) is 47.7 Å². The number of carbonyl (C=O) groups is 2. The van der Waals surface area contributed by atoms with E-state index in [4.69, 9.17) is 4.74 Å². The summed E-state index contributed by atoms with van der Waals surface area (Å²) >= 11 is 0. The van der Waals surface area contributed by atoms with E-state index in [0.717, 1.165) is 31.8 Å². The second kappa shape index (κ2) is 5.95. The Morgan fingerprint density at radius 2 is 1.81 bits per heavy atom. The second-order valence-electron chi connectivity index (χ2n) is 6.97. The average molecular weight is 295 g/mol. The van der Waals surface area contributed by atoms with Crippen molar-refractivity contribution in [2.45, 2.75) is 57.5 Å². The van der Waals surface area contributed by atoms with Gasteiger partial charge in [0.15, 0.2) is 0 Å². The number of hydrogen-bond donors (Lipinski definition) is 1. The van der Waals surface area contributed by atoms with Crippen LogP contribution in [0.25, 0.3) is 0 Å². The summed E-state index contributed by atoms with van der Waals surface area (Å²) in [5, 5.41) is 9.31. The molecule has 1 N–H and O–H groups in total. The van der Waals surface area contributed by atoms with Crippen molar-refractivity contribution in [3.63, 3.8) is 0 Å². The molecule has 1 saturated heterocycles. The molecule has 0 spiro atoms. The summed E-state index contributed by atoms with van der Waals surface area (Å²) < 4.78 is 5.87. The van der Waals surface area contributed by atoms with E-state index >= 15 is 0 Å². The van der Waals surface area contributed by atoms with E-state index in [1.54, 1.807) is 0 Å². The number of carboxylic acid groups (broad SMARTS) is 1. The predicted molar refractivity (Wildman–Crippen MR) is 76.8 cm³/mol. The fourth-order valence-electron chi connectivity index (χ4n) is 3.30. The molecular formula is C16H25NO4. The Bertz CT molecular complexity index is 407. The maximum atomic E-state index is 12.3. The van der Waals surface area contributed by atoms with Crippen molar-refractivity contribution in [2.75, 3.05) is 19.7 Å². The molecule has 2 saturated carbocycles. The molecule has 0 radical (unpaired) electrons. The third-order valence-electron chi connectivity index (χ3n) is 5.31.